The van der Waals surface area contributed by atoms with Gasteiger partial charge in [-0.2, -0.15) is 0 Å². The molecule has 0 aromatic rings. The summed E-state index contributed by atoms with van der Waals surface area (Å²) in [5, 5.41) is 11.3. The lowest BCUT2D eigenvalue weighted by Crippen LogP contribution is -2.72. The molecule has 41 heavy (non-hydrogen) atoms. The van der Waals surface area contributed by atoms with Crippen molar-refractivity contribution in [3.63, 3.8) is 0 Å². The molecule has 3 fully saturated rings. The summed E-state index contributed by atoms with van der Waals surface area (Å²) in [5.41, 5.74) is -4.90. The molecule has 2 aliphatic heterocycles. The van der Waals surface area contributed by atoms with E-state index in [2.05, 4.69) is 6.58 Å². The number of rotatable bonds is 4. The van der Waals surface area contributed by atoms with Crippen molar-refractivity contribution in [3.05, 3.63) is 24.3 Å². The Balaban J connectivity index is 2.09. The molecule has 0 bridgehead atoms. The molecule has 2 aliphatic carbocycles. The molecule has 0 aromatic heterocycles. The number of halogens is 1. The molecular formula is C28H35ClO12. The highest BCUT2D eigenvalue weighted by atomic mass is 35.5. The lowest BCUT2D eigenvalue weighted by Gasteiger charge is -2.57. The van der Waals surface area contributed by atoms with E-state index >= 15 is 0 Å². The van der Waals surface area contributed by atoms with E-state index in [1.54, 1.807) is 6.92 Å². The van der Waals surface area contributed by atoms with Gasteiger partial charge in [0.15, 0.2) is 11.7 Å². The van der Waals surface area contributed by atoms with E-state index in [1.165, 1.54) is 32.9 Å². The average molecular weight is 599 g/mol. The van der Waals surface area contributed by atoms with Crippen LogP contribution in [0.3, 0.4) is 0 Å². The summed E-state index contributed by atoms with van der Waals surface area (Å²) in [7, 11) is 0. The molecule has 11 unspecified atom stereocenters. The minimum absolute atomic E-state index is 0.0278. The molecule has 1 spiro atoms. The predicted octanol–water partition coefficient (Wildman–Crippen LogP) is 1.53. The van der Waals surface area contributed by atoms with Gasteiger partial charge in [-0.15, -0.1) is 11.6 Å². The number of carbonyl (C=O) groups excluding carboxylic acids is 5. The third kappa shape index (κ3) is 5.14. The molecular weight excluding hydrogens is 564 g/mol. The number of hydrogen-bond acceptors (Lipinski definition) is 12. The first kappa shape index (κ1) is 31.0. The second kappa shape index (κ2) is 10.7. The van der Waals surface area contributed by atoms with Gasteiger partial charge in [0.25, 0.3) is 0 Å². The summed E-state index contributed by atoms with van der Waals surface area (Å²) in [6.45, 7) is 11.7. The van der Waals surface area contributed by atoms with E-state index in [9.17, 15) is 29.1 Å². The molecule has 1 saturated carbocycles. The Morgan fingerprint density at radius 1 is 1.00 bits per heavy atom. The SMILES string of the molecule is C=C1C=CC(OC(C)=O)C2(C)C(OC(C)=O)C(OC(C)=O)CC3(CO3)C2C(OC(C)=O)C2(O)C(C)C(=O)OC2C1Cl. The molecule has 4 aliphatic rings. The minimum Gasteiger partial charge on any atom is -0.459 e. The standard InChI is InChI=1S/C28H35ClO12/c1-12-8-9-19(38-15(4)31)26(7)21(27(11-36-27)10-18(37-14(3)30)22(26)39-16(5)32)24(40-17(6)33)28(35)13(2)25(34)41-23(28)20(12)29/h8-9,13,18-24,35H,1,10-11H2,2-7H3. The molecule has 4 rings (SSSR count). The Morgan fingerprint density at radius 3 is 2.05 bits per heavy atom. The Morgan fingerprint density at radius 2 is 1.54 bits per heavy atom. The first-order valence-corrected chi connectivity index (χ1v) is 13.7. The summed E-state index contributed by atoms with van der Waals surface area (Å²) >= 11 is 6.73. The van der Waals surface area contributed by atoms with Gasteiger partial charge in [0.2, 0.25) is 0 Å². The minimum atomic E-state index is -2.25. The van der Waals surface area contributed by atoms with Crippen molar-refractivity contribution >= 4 is 41.4 Å². The smallest absolute Gasteiger partial charge is 0.312 e. The van der Waals surface area contributed by atoms with Crippen LogP contribution in [-0.2, 0) is 52.4 Å². The maximum atomic E-state index is 13.0. The Hall–Kier alpha value is -2.96. The third-order valence-electron chi connectivity index (χ3n) is 8.67. The van der Waals surface area contributed by atoms with Gasteiger partial charge in [-0.05, 0) is 18.6 Å². The maximum absolute atomic E-state index is 13.0. The van der Waals surface area contributed by atoms with Crippen LogP contribution in [0.1, 0.15) is 48.0 Å². The van der Waals surface area contributed by atoms with Crippen molar-refractivity contribution in [1.29, 1.82) is 0 Å². The van der Waals surface area contributed by atoms with Crippen LogP contribution in [0.2, 0.25) is 0 Å². The van der Waals surface area contributed by atoms with Crippen LogP contribution >= 0.6 is 11.6 Å². The van der Waals surface area contributed by atoms with Crippen LogP contribution in [0.25, 0.3) is 0 Å². The van der Waals surface area contributed by atoms with Crippen molar-refractivity contribution in [3.8, 4) is 0 Å². The van der Waals surface area contributed by atoms with Crippen LogP contribution in [-0.4, -0.2) is 88.7 Å². The molecule has 2 heterocycles. The topological polar surface area (TPSA) is 164 Å². The lowest BCUT2D eigenvalue weighted by molar-refractivity contribution is -0.257. The monoisotopic (exact) mass is 598 g/mol. The fourth-order valence-electron chi connectivity index (χ4n) is 6.87. The number of ether oxygens (including phenoxy) is 6. The molecule has 1 N–H and O–H groups in total. The summed E-state index contributed by atoms with van der Waals surface area (Å²) in [6.07, 6.45) is -3.72. The number of aliphatic hydroxyl groups is 1. The van der Waals surface area contributed by atoms with E-state index in [0.717, 1.165) is 13.8 Å². The second-order valence-corrected chi connectivity index (χ2v) is 11.9. The number of hydrogen-bond donors (Lipinski definition) is 1. The quantitative estimate of drug-likeness (QED) is 0.215. The Bertz CT molecular complexity index is 1190. The average Bonchev–Trinajstić information content (AvgIpc) is 3.57. The molecule has 2 saturated heterocycles. The van der Waals surface area contributed by atoms with Crippen LogP contribution in [0.5, 0.6) is 0 Å². The van der Waals surface area contributed by atoms with Gasteiger partial charge in [-0.25, -0.2) is 0 Å². The predicted molar refractivity (Wildman–Crippen MR) is 139 cm³/mol. The fourth-order valence-corrected chi connectivity index (χ4v) is 7.19. The summed E-state index contributed by atoms with van der Waals surface area (Å²) < 4.78 is 34.7. The first-order chi connectivity index (χ1) is 19.0. The van der Waals surface area contributed by atoms with Gasteiger partial charge in [0, 0.05) is 40.0 Å². The van der Waals surface area contributed by atoms with Gasteiger partial charge in [-0.3, -0.25) is 24.0 Å². The van der Waals surface area contributed by atoms with Crippen LogP contribution in [0.15, 0.2) is 24.3 Å². The zero-order valence-electron chi connectivity index (χ0n) is 23.7. The highest BCUT2D eigenvalue weighted by Gasteiger charge is 2.77. The van der Waals surface area contributed by atoms with Crippen molar-refractivity contribution in [2.24, 2.45) is 17.3 Å². The van der Waals surface area contributed by atoms with Crippen LogP contribution < -0.4 is 0 Å². The molecule has 12 nitrogen and oxygen atoms in total. The Labute approximate surface area is 242 Å². The van der Waals surface area contributed by atoms with Crippen molar-refractivity contribution in [1.82, 2.24) is 0 Å². The summed E-state index contributed by atoms with van der Waals surface area (Å²) in [5.74, 6) is -6.07. The summed E-state index contributed by atoms with van der Waals surface area (Å²) in [4.78, 5) is 62.8. The van der Waals surface area contributed by atoms with Gasteiger partial charge in [0.1, 0.15) is 30.0 Å². The van der Waals surface area contributed by atoms with Gasteiger partial charge >= 0.3 is 29.8 Å². The van der Waals surface area contributed by atoms with Crippen molar-refractivity contribution in [2.45, 2.75) is 95.1 Å². The molecule has 226 valence electrons. The number of alkyl halides is 1. The van der Waals surface area contributed by atoms with Gasteiger partial charge in [-0.1, -0.05) is 19.6 Å². The largest absolute Gasteiger partial charge is 0.459 e. The highest BCUT2D eigenvalue weighted by Crippen LogP contribution is 2.62. The van der Waals surface area contributed by atoms with E-state index in [4.69, 9.17) is 40.0 Å². The zero-order chi connectivity index (χ0) is 30.7. The summed E-state index contributed by atoms with van der Waals surface area (Å²) in [6, 6.07) is 0. The molecule has 13 heteroatoms. The number of epoxide rings is 1. The normalized spacial score (nSPS) is 43.2. The van der Waals surface area contributed by atoms with Gasteiger partial charge < -0.3 is 33.5 Å². The number of fused-ring (bicyclic) bond motifs is 3. The number of allylic oxidation sites excluding steroid dienone is 1. The molecule has 0 aromatic carbocycles. The first-order valence-electron chi connectivity index (χ1n) is 13.3. The highest BCUT2D eigenvalue weighted by molar-refractivity contribution is 6.23. The number of esters is 5. The molecule has 11 atom stereocenters. The zero-order valence-corrected chi connectivity index (χ0v) is 24.5. The van der Waals surface area contributed by atoms with E-state index in [1.807, 2.05) is 0 Å². The van der Waals surface area contributed by atoms with E-state index in [0.29, 0.717) is 0 Å². The molecule has 0 radical (unpaired) electrons. The van der Waals surface area contributed by atoms with Crippen LogP contribution in [0.4, 0.5) is 0 Å². The van der Waals surface area contributed by atoms with E-state index < -0.39 is 94.2 Å². The fraction of sp³-hybridized carbons (Fsp3) is 0.679. The van der Waals surface area contributed by atoms with E-state index in [-0.39, 0.29) is 18.6 Å². The lowest BCUT2D eigenvalue weighted by atomic mass is 9.52. The Kier molecular flexibility index (Phi) is 8.09. The number of carbonyl (C=O) groups is 5. The maximum Gasteiger partial charge on any atom is 0.312 e. The van der Waals surface area contributed by atoms with Gasteiger partial charge in [0.05, 0.1) is 23.3 Å². The van der Waals surface area contributed by atoms with Crippen molar-refractivity contribution in [2.75, 3.05) is 6.61 Å². The second-order valence-electron chi connectivity index (χ2n) is 11.4. The van der Waals surface area contributed by atoms with Crippen molar-refractivity contribution < 1.29 is 57.5 Å². The third-order valence-corrected chi connectivity index (χ3v) is 9.18. The van der Waals surface area contributed by atoms with Crippen LogP contribution in [0, 0.1) is 17.3 Å². The molecule has 0 amide bonds.